The van der Waals surface area contributed by atoms with Crippen molar-refractivity contribution in [2.45, 2.75) is 26.8 Å². The largest absolute Gasteiger partial charge is 0.301 e. The average Bonchev–Trinajstić information content (AvgIpc) is 2.44. The van der Waals surface area contributed by atoms with Crippen LogP contribution in [0.25, 0.3) is 0 Å². The fourth-order valence-corrected chi connectivity index (χ4v) is 2.58. The Morgan fingerprint density at radius 2 is 1.63 bits per heavy atom. The van der Waals surface area contributed by atoms with Crippen LogP contribution >= 0.6 is 0 Å². The number of benzene rings is 1. The lowest BCUT2D eigenvalue weighted by Gasteiger charge is -2.34. The number of hydrogen-bond acceptors (Lipinski definition) is 2. The molecule has 0 radical (unpaired) electrons. The molecule has 1 aliphatic rings. The number of hydrogen-bond donors (Lipinski definition) is 0. The van der Waals surface area contributed by atoms with Gasteiger partial charge in [0.05, 0.1) is 0 Å². The van der Waals surface area contributed by atoms with E-state index in [0.717, 1.165) is 12.1 Å². The van der Waals surface area contributed by atoms with E-state index in [9.17, 15) is 0 Å². The Kier molecular flexibility index (Phi) is 5.44. The second kappa shape index (κ2) is 7.33. The molecule has 1 saturated heterocycles. The maximum absolute atomic E-state index is 3.09. The first-order chi connectivity index (χ1) is 9.31. The minimum absolute atomic E-state index is 1.07. The van der Waals surface area contributed by atoms with Crippen LogP contribution in [0, 0.1) is 11.8 Å². The summed E-state index contributed by atoms with van der Waals surface area (Å²) >= 11 is 0. The van der Waals surface area contributed by atoms with E-state index < -0.39 is 0 Å². The summed E-state index contributed by atoms with van der Waals surface area (Å²) in [6, 6.07) is 8.66. The van der Waals surface area contributed by atoms with E-state index in [0.29, 0.717) is 0 Å². The molecule has 19 heavy (non-hydrogen) atoms. The summed E-state index contributed by atoms with van der Waals surface area (Å²) in [5.74, 6) is 6.02. The lowest BCUT2D eigenvalue weighted by molar-refractivity contribution is 0.127. The second-order valence-corrected chi connectivity index (χ2v) is 5.19. The van der Waals surface area contributed by atoms with Gasteiger partial charge in [-0.2, -0.15) is 0 Å². The van der Waals surface area contributed by atoms with E-state index in [1.165, 1.54) is 44.7 Å². The molecule has 102 valence electrons. The van der Waals surface area contributed by atoms with E-state index in [-0.39, 0.29) is 0 Å². The fourth-order valence-electron chi connectivity index (χ4n) is 2.58. The molecule has 1 aromatic rings. The third kappa shape index (κ3) is 4.38. The summed E-state index contributed by atoms with van der Waals surface area (Å²) in [5.41, 5.74) is 2.50. The van der Waals surface area contributed by atoms with Crippen LogP contribution in [0.3, 0.4) is 0 Å². The van der Waals surface area contributed by atoms with Gasteiger partial charge in [-0.3, -0.25) is 4.90 Å². The summed E-state index contributed by atoms with van der Waals surface area (Å²) in [4.78, 5) is 5.11. The lowest BCUT2D eigenvalue weighted by Crippen LogP contribution is -2.45. The van der Waals surface area contributed by atoms with Gasteiger partial charge in [-0.1, -0.05) is 25.0 Å². The van der Waals surface area contributed by atoms with Crippen molar-refractivity contribution in [3.63, 3.8) is 0 Å². The topological polar surface area (TPSA) is 6.48 Å². The molecule has 1 fully saturated rings. The molecule has 0 aromatic heterocycles. The molecule has 0 aliphatic carbocycles. The molecule has 0 spiro atoms. The van der Waals surface area contributed by atoms with Crippen molar-refractivity contribution in [3.8, 4) is 11.8 Å². The van der Waals surface area contributed by atoms with Crippen molar-refractivity contribution >= 4 is 0 Å². The summed E-state index contributed by atoms with van der Waals surface area (Å²) in [7, 11) is 0. The van der Waals surface area contributed by atoms with Crippen molar-refractivity contribution in [1.29, 1.82) is 0 Å². The molecule has 2 heteroatoms. The summed E-state index contributed by atoms with van der Waals surface area (Å²) in [6.45, 7) is 11.3. The van der Waals surface area contributed by atoms with Crippen molar-refractivity contribution in [1.82, 2.24) is 9.80 Å². The Hall–Kier alpha value is -1.30. The van der Waals surface area contributed by atoms with Crippen molar-refractivity contribution in [2.24, 2.45) is 0 Å². The van der Waals surface area contributed by atoms with Gasteiger partial charge in [0, 0.05) is 38.3 Å². The fraction of sp³-hybridized carbons (Fsp3) is 0.529. The predicted octanol–water partition coefficient (Wildman–Crippen LogP) is 2.59. The zero-order valence-electron chi connectivity index (χ0n) is 12.2. The van der Waals surface area contributed by atoms with Crippen molar-refractivity contribution in [3.05, 3.63) is 35.4 Å². The number of nitrogens with zero attached hydrogens (tertiary/aromatic N) is 2. The van der Waals surface area contributed by atoms with Crippen LogP contribution in [0.15, 0.2) is 24.3 Å². The molecule has 0 unspecified atom stereocenters. The van der Waals surface area contributed by atoms with Gasteiger partial charge in [-0.25, -0.2) is 0 Å². The molecular formula is C17H24N2. The number of rotatable bonds is 4. The number of piperazine rings is 1. The molecule has 0 bridgehead atoms. The molecule has 0 amide bonds. The normalized spacial score (nSPS) is 16.9. The molecule has 0 saturated carbocycles. The maximum Gasteiger partial charge on any atom is 0.0245 e. The van der Waals surface area contributed by atoms with Gasteiger partial charge in [-0.05, 0) is 37.6 Å². The van der Waals surface area contributed by atoms with Crippen LogP contribution in [0.2, 0.25) is 0 Å². The highest BCUT2D eigenvalue weighted by atomic mass is 15.3. The third-order valence-electron chi connectivity index (χ3n) is 3.63. The molecular weight excluding hydrogens is 232 g/mol. The molecule has 0 N–H and O–H groups in total. The van der Waals surface area contributed by atoms with Crippen molar-refractivity contribution in [2.75, 3.05) is 32.7 Å². The highest BCUT2D eigenvalue weighted by Crippen LogP contribution is 2.10. The van der Waals surface area contributed by atoms with E-state index in [4.69, 9.17) is 0 Å². The zero-order valence-corrected chi connectivity index (χ0v) is 12.2. The van der Waals surface area contributed by atoms with Gasteiger partial charge in [0.15, 0.2) is 0 Å². The van der Waals surface area contributed by atoms with Gasteiger partial charge < -0.3 is 4.90 Å². The van der Waals surface area contributed by atoms with Crippen LogP contribution in [-0.4, -0.2) is 42.5 Å². The average molecular weight is 256 g/mol. The lowest BCUT2D eigenvalue weighted by atomic mass is 10.1. The summed E-state index contributed by atoms with van der Waals surface area (Å²) in [6.07, 6.45) is 1.26. The zero-order chi connectivity index (χ0) is 13.5. The van der Waals surface area contributed by atoms with E-state index >= 15 is 0 Å². The quantitative estimate of drug-likeness (QED) is 0.764. The van der Waals surface area contributed by atoms with E-state index in [1.807, 2.05) is 6.92 Å². The Bertz CT molecular complexity index is 431. The smallest absolute Gasteiger partial charge is 0.0245 e. The maximum atomic E-state index is 3.09. The molecule has 0 atom stereocenters. The monoisotopic (exact) mass is 256 g/mol. The van der Waals surface area contributed by atoms with E-state index in [2.05, 4.69) is 52.8 Å². The standard InChI is InChI=1S/C17H24N2/c1-3-5-16-6-8-17(9-7-16)15-19-13-11-18(10-4-2)12-14-19/h6-9H,4,10-15H2,1-2H3. The third-order valence-corrected chi connectivity index (χ3v) is 3.63. The first-order valence-electron chi connectivity index (χ1n) is 7.28. The Labute approximate surface area is 117 Å². The Morgan fingerprint density at radius 3 is 2.21 bits per heavy atom. The highest BCUT2D eigenvalue weighted by molar-refractivity contribution is 5.35. The minimum Gasteiger partial charge on any atom is -0.301 e. The Balaban J connectivity index is 1.83. The van der Waals surface area contributed by atoms with Crippen LogP contribution in [0.1, 0.15) is 31.4 Å². The molecule has 2 nitrogen and oxygen atoms in total. The van der Waals surface area contributed by atoms with Crippen LogP contribution in [0.5, 0.6) is 0 Å². The summed E-state index contributed by atoms with van der Waals surface area (Å²) < 4.78 is 0. The second-order valence-electron chi connectivity index (χ2n) is 5.19. The predicted molar refractivity (Wildman–Crippen MR) is 81.0 cm³/mol. The van der Waals surface area contributed by atoms with Gasteiger partial charge in [-0.15, -0.1) is 5.92 Å². The van der Waals surface area contributed by atoms with Gasteiger partial charge >= 0.3 is 0 Å². The van der Waals surface area contributed by atoms with Gasteiger partial charge in [0.25, 0.3) is 0 Å². The van der Waals surface area contributed by atoms with Gasteiger partial charge in [0.1, 0.15) is 0 Å². The molecule has 1 aliphatic heterocycles. The molecule has 1 heterocycles. The highest BCUT2D eigenvalue weighted by Gasteiger charge is 2.15. The van der Waals surface area contributed by atoms with Crippen LogP contribution in [0.4, 0.5) is 0 Å². The minimum atomic E-state index is 1.07. The van der Waals surface area contributed by atoms with Crippen LogP contribution < -0.4 is 0 Å². The molecule has 2 rings (SSSR count). The Morgan fingerprint density at radius 1 is 1.00 bits per heavy atom. The summed E-state index contributed by atoms with van der Waals surface area (Å²) in [5, 5.41) is 0. The van der Waals surface area contributed by atoms with Gasteiger partial charge in [0.2, 0.25) is 0 Å². The first kappa shape index (κ1) is 14.1. The van der Waals surface area contributed by atoms with E-state index in [1.54, 1.807) is 0 Å². The van der Waals surface area contributed by atoms with Crippen molar-refractivity contribution < 1.29 is 0 Å². The first-order valence-corrected chi connectivity index (χ1v) is 7.28. The molecule has 1 aromatic carbocycles. The van der Waals surface area contributed by atoms with Crippen LogP contribution in [-0.2, 0) is 6.54 Å². The SMILES string of the molecule is CC#Cc1ccc(CN2CCN(CCC)CC2)cc1.